The van der Waals surface area contributed by atoms with Crippen LogP contribution in [0.3, 0.4) is 0 Å². The molecule has 16 heavy (non-hydrogen) atoms. The average molecular weight is 371 g/mol. The van der Waals surface area contributed by atoms with Crippen molar-refractivity contribution in [1.82, 2.24) is 0 Å². The summed E-state index contributed by atoms with van der Waals surface area (Å²) < 4.78 is 2.06. The predicted octanol–water partition coefficient (Wildman–Crippen LogP) is 3.77. The molecule has 0 aliphatic rings. The van der Waals surface area contributed by atoms with Gasteiger partial charge in [-0.1, -0.05) is 0 Å². The minimum absolute atomic E-state index is 0.149. The molecule has 96 valence electrons. The fourth-order valence-corrected chi connectivity index (χ4v) is 4.89. The van der Waals surface area contributed by atoms with Crippen molar-refractivity contribution in [2.45, 2.75) is 59.4 Å². The Balaban J connectivity index is 0. The first-order chi connectivity index (χ1) is 7.36. The molecule has 5 heteroatoms. The van der Waals surface area contributed by atoms with Crippen molar-refractivity contribution in [2.75, 3.05) is 0 Å². The van der Waals surface area contributed by atoms with Gasteiger partial charge in [-0.3, -0.25) is 0 Å². The van der Waals surface area contributed by atoms with E-state index >= 15 is 0 Å². The fraction of sp³-hybridized carbons (Fsp3) is 0.909. The molecule has 0 aromatic carbocycles. The molecular formula is C11H24O2S2Sn. The van der Waals surface area contributed by atoms with Crippen LogP contribution in [0, 0.1) is 0 Å². The van der Waals surface area contributed by atoms with Crippen LogP contribution in [0.2, 0.25) is 8.87 Å². The number of carbonyl (C=O) groups is 1. The van der Waals surface area contributed by atoms with Crippen molar-refractivity contribution in [1.29, 1.82) is 0 Å². The quantitative estimate of drug-likeness (QED) is 0.276. The summed E-state index contributed by atoms with van der Waals surface area (Å²) in [6.07, 6.45) is 5.84. The van der Waals surface area contributed by atoms with Gasteiger partial charge in [-0.25, -0.2) is 4.79 Å². The summed E-state index contributed by atoms with van der Waals surface area (Å²) in [5, 5.41) is 8.10. The van der Waals surface area contributed by atoms with E-state index in [4.69, 9.17) is 5.11 Å². The summed E-state index contributed by atoms with van der Waals surface area (Å²) in [6, 6.07) is 0. The Kier molecular flexibility index (Phi) is 15.0. The van der Waals surface area contributed by atoms with Crippen molar-refractivity contribution in [3.8, 4) is 0 Å². The van der Waals surface area contributed by atoms with Gasteiger partial charge in [-0.15, -0.1) is 0 Å². The second kappa shape index (κ2) is 12.4. The molecule has 0 heterocycles. The first-order valence-electron chi connectivity index (χ1n) is 5.75. The number of rotatable bonds is 7. The Morgan fingerprint density at radius 3 is 1.69 bits per heavy atom. The monoisotopic (exact) mass is 372 g/mol. The molecular weight excluding hydrogens is 347 g/mol. The predicted molar refractivity (Wildman–Crippen MR) is 79.2 cm³/mol. The van der Waals surface area contributed by atoms with Crippen LogP contribution >= 0.6 is 25.3 Å². The van der Waals surface area contributed by atoms with Gasteiger partial charge in [-0.05, 0) is 6.92 Å². The zero-order valence-electron chi connectivity index (χ0n) is 10.5. The molecule has 0 atom stereocenters. The number of thiol groups is 2. The SMILES string of the molecule is CC(S)(S)C(=O)O.CCC[CH2][Sn][CH2]CCC. The van der Waals surface area contributed by atoms with Crippen LogP contribution < -0.4 is 0 Å². The van der Waals surface area contributed by atoms with E-state index in [1.807, 2.05) is 0 Å². The van der Waals surface area contributed by atoms with Crippen LogP contribution in [0.15, 0.2) is 0 Å². The number of hydrogen-bond donors (Lipinski definition) is 3. The van der Waals surface area contributed by atoms with E-state index in [9.17, 15) is 4.79 Å². The van der Waals surface area contributed by atoms with Crippen molar-refractivity contribution in [3.05, 3.63) is 0 Å². The standard InChI is InChI=1S/2C4H9.C3H6O2S2.Sn/c2*1-3-4-2;1-3(6,7)2(4)5;/h2*1,3-4H2,2H3;6-7H,1H3,(H,4,5);. The molecule has 0 rings (SSSR count). The molecule has 0 fully saturated rings. The van der Waals surface area contributed by atoms with Crippen LogP contribution in [0.25, 0.3) is 0 Å². The Bertz CT molecular complexity index is 164. The normalized spacial score (nSPS) is 10.6. The van der Waals surface area contributed by atoms with E-state index in [1.165, 1.54) is 32.6 Å². The molecule has 0 spiro atoms. The Hall–Kier alpha value is 0.969. The second-order valence-corrected chi connectivity index (χ2v) is 10.2. The van der Waals surface area contributed by atoms with Gasteiger partial charge in [0.2, 0.25) is 0 Å². The molecule has 0 aliphatic heterocycles. The summed E-state index contributed by atoms with van der Waals surface area (Å²) in [5.74, 6) is -1.03. The Morgan fingerprint density at radius 2 is 1.50 bits per heavy atom. The molecule has 0 saturated carbocycles. The van der Waals surface area contributed by atoms with Crippen molar-refractivity contribution < 1.29 is 9.90 Å². The van der Waals surface area contributed by atoms with Crippen LogP contribution in [0.4, 0.5) is 0 Å². The second-order valence-electron chi connectivity index (χ2n) is 3.78. The molecule has 0 amide bonds. The molecule has 1 N–H and O–H groups in total. The van der Waals surface area contributed by atoms with E-state index in [1.54, 1.807) is 8.87 Å². The van der Waals surface area contributed by atoms with E-state index in [0.29, 0.717) is 0 Å². The maximum atomic E-state index is 9.87. The third kappa shape index (κ3) is 17.4. The number of carboxylic acids is 1. The van der Waals surface area contributed by atoms with Gasteiger partial charge < -0.3 is 5.11 Å². The van der Waals surface area contributed by atoms with Gasteiger partial charge in [0.05, 0.1) is 0 Å². The number of hydrogen-bond acceptors (Lipinski definition) is 3. The van der Waals surface area contributed by atoms with E-state index in [0.717, 1.165) is 0 Å². The molecule has 0 aromatic rings. The zero-order valence-corrected chi connectivity index (χ0v) is 15.1. The molecule has 0 bridgehead atoms. The van der Waals surface area contributed by atoms with Gasteiger partial charge in [0.15, 0.2) is 0 Å². The van der Waals surface area contributed by atoms with E-state index in [-0.39, 0.29) is 21.1 Å². The van der Waals surface area contributed by atoms with Gasteiger partial charge >= 0.3 is 75.5 Å². The first kappa shape index (κ1) is 19.3. The third-order valence-electron chi connectivity index (χ3n) is 1.82. The number of aliphatic carboxylic acids is 1. The summed E-state index contributed by atoms with van der Waals surface area (Å²) in [5.41, 5.74) is 0. The molecule has 2 nitrogen and oxygen atoms in total. The van der Waals surface area contributed by atoms with E-state index < -0.39 is 10.0 Å². The third-order valence-corrected chi connectivity index (χ3v) is 6.24. The Labute approximate surface area is 121 Å². The van der Waals surface area contributed by atoms with Crippen LogP contribution in [0.5, 0.6) is 0 Å². The molecule has 2 radical (unpaired) electrons. The van der Waals surface area contributed by atoms with Crippen molar-refractivity contribution in [3.63, 3.8) is 0 Å². The number of unbranched alkanes of at least 4 members (excludes halogenated alkanes) is 2. The first-order valence-corrected chi connectivity index (χ1v) is 10.7. The van der Waals surface area contributed by atoms with Crippen LogP contribution in [-0.4, -0.2) is 36.3 Å². The fourth-order valence-electron chi connectivity index (χ4n) is 0.729. The summed E-state index contributed by atoms with van der Waals surface area (Å²) in [4.78, 5) is 9.87. The molecule has 0 unspecified atom stereocenters. The van der Waals surface area contributed by atoms with Gasteiger partial charge in [0.1, 0.15) is 4.08 Å². The minimum atomic E-state index is -1.19. The average Bonchev–Trinajstić information content (AvgIpc) is 2.17. The molecule has 0 aromatic heterocycles. The van der Waals surface area contributed by atoms with Crippen molar-refractivity contribution >= 4 is 52.4 Å². The number of carboxylic acid groups (broad SMARTS) is 1. The zero-order chi connectivity index (χ0) is 13.0. The van der Waals surface area contributed by atoms with Crippen molar-refractivity contribution in [2.24, 2.45) is 0 Å². The topological polar surface area (TPSA) is 37.3 Å². The summed E-state index contributed by atoms with van der Waals surface area (Å²) >= 11 is 7.38. The van der Waals surface area contributed by atoms with Gasteiger partial charge in [0.25, 0.3) is 0 Å². The summed E-state index contributed by atoms with van der Waals surface area (Å²) in [6.45, 7) is 5.97. The van der Waals surface area contributed by atoms with Crippen LogP contribution in [-0.2, 0) is 4.79 Å². The maximum absolute atomic E-state index is 9.87. The molecule has 0 aliphatic carbocycles. The van der Waals surface area contributed by atoms with Gasteiger partial charge in [0, 0.05) is 0 Å². The molecule has 0 saturated heterocycles. The van der Waals surface area contributed by atoms with E-state index in [2.05, 4.69) is 39.1 Å². The summed E-state index contributed by atoms with van der Waals surface area (Å²) in [7, 11) is 0. The van der Waals surface area contributed by atoms with Crippen LogP contribution in [0.1, 0.15) is 46.5 Å². The van der Waals surface area contributed by atoms with Gasteiger partial charge in [-0.2, -0.15) is 25.3 Å². The Morgan fingerprint density at radius 1 is 1.19 bits per heavy atom.